The highest BCUT2D eigenvalue weighted by Crippen LogP contribution is 2.34. The number of rotatable bonds is 6. The molecule has 2 atom stereocenters. The standard InChI is InChI=1S/C16H25NO2/c1-12-8-13(2)10-15(9-12)16-14(4-6-19-16)11-17-5-7-18-3/h8-10,14,16-17H,4-7,11H2,1-3H3. The Morgan fingerprint density at radius 3 is 2.68 bits per heavy atom. The van der Waals surface area contributed by atoms with Gasteiger partial charge in [0.05, 0.1) is 12.7 Å². The summed E-state index contributed by atoms with van der Waals surface area (Å²) in [5, 5.41) is 3.45. The quantitative estimate of drug-likeness (QED) is 0.800. The van der Waals surface area contributed by atoms with Crippen LogP contribution >= 0.6 is 0 Å². The normalized spacial score (nSPS) is 22.9. The van der Waals surface area contributed by atoms with Gasteiger partial charge in [-0.15, -0.1) is 0 Å². The molecule has 1 N–H and O–H groups in total. The molecule has 0 bridgehead atoms. The zero-order valence-corrected chi connectivity index (χ0v) is 12.2. The van der Waals surface area contributed by atoms with Crippen molar-refractivity contribution in [1.29, 1.82) is 0 Å². The van der Waals surface area contributed by atoms with E-state index in [-0.39, 0.29) is 6.10 Å². The van der Waals surface area contributed by atoms with Gasteiger partial charge >= 0.3 is 0 Å². The van der Waals surface area contributed by atoms with E-state index in [9.17, 15) is 0 Å². The van der Waals surface area contributed by atoms with Gasteiger partial charge in [-0.25, -0.2) is 0 Å². The molecule has 1 heterocycles. The summed E-state index contributed by atoms with van der Waals surface area (Å²) in [6.45, 7) is 7.85. The largest absolute Gasteiger partial charge is 0.383 e. The molecule has 1 aliphatic rings. The van der Waals surface area contributed by atoms with Crippen LogP contribution < -0.4 is 5.32 Å². The summed E-state index contributed by atoms with van der Waals surface area (Å²) >= 11 is 0. The average Bonchev–Trinajstić information content (AvgIpc) is 2.82. The molecule has 106 valence electrons. The van der Waals surface area contributed by atoms with Crippen molar-refractivity contribution in [2.75, 3.05) is 33.4 Å². The predicted octanol–water partition coefficient (Wildman–Crippen LogP) is 2.62. The molecule has 1 aliphatic heterocycles. The highest BCUT2D eigenvalue weighted by molar-refractivity contribution is 5.30. The van der Waals surface area contributed by atoms with E-state index in [0.29, 0.717) is 5.92 Å². The molecule has 0 saturated carbocycles. The van der Waals surface area contributed by atoms with Gasteiger partial charge < -0.3 is 14.8 Å². The Bertz CT molecular complexity index is 385. The van der Waals surface area contributed by atoms with E-state index in [1.807, 2.05) is 0 Å². The molecular formula is C16H25NO2. The Labute approximate surface area is 116 Å². The molecule has 3 nitrogen and oxygen atoms in total. The number of ether oxygens (including phenoxy) is 2. The molecule has 3 heteroatoms. The molecule has 1 saturated heterocycles. The Morgan fingerprint density at radius 2 is 2.00 bits per heavy atom. The van der Waals surface area contributed by atoms with E-state index >= 15 is 0 Å². The fourth-order valence-electron chi connectivity index (χ4n) is 2.85. The lowest BCUT2D eigenvalue weighted by Gasteiger charge is -2.20. The summed E-state index contributed by atoms with van der Waals surface area (Å²) in [6, 6.07) is 6.72. The van der Waals surface area contributed by atoms with Crippen molar-refractivity contribution in [3.8, 4) is 0 Å². The summed E-state index contributed by atoms with van der Waals surface area (Å²) in [6.07, 6.45) is 1.38. The summed E-state index contributed by atoms with van der Waals surface area (Å²) < 4.78 is 11.0. The summed E-state index contributed by atoms with van der Waals surface area (Å²) in [7, 11) is 1.73. The Hall–Kier alpha value is -0.900. The third-order valence-electron chi connectivity index (χ3n) is 3.68. The Morgan fingerprint density at radius 1 is 1.26 bits per heavy atom. The van der Waals surface area contributed by atoms with Crippen LogP contribution in [-0.4, -0.2) is 33.4 Å². The van der Waals surface area contributed by atoms with Crippen LogP contribution in [-0.2, 0) is 9.47 Å². The van der Waals surface area contributed by atoms with Gasteiger partial charge in [-0.3, -0.25) is 0 Å². The molecule has 19 heavy (non-hydrogen) atoms. The van der Waals surface area contributed by atoms with Gasteiger partial charge in [-0.1, -0.05) is 29.3 Å². The molecule has 2 rings (SSSR count). The first-order valence-electron chi connectivity index (χ1n) is 7.10. The summed E-state index contributed by atoms with van der Waals surface area (Å²) in [4.78, 5) is 0. The van der Waals surface area contributed by atoms with E-state index in [1.54, 1.807) is 7.11 Å². The van der Waals surface area contributed by atoms with E-state index in [2.05, 4.69) is 37.4 Å². The minimum Gasteiger partial charge on any atom is -0.383 e. The first-order valence-corrected chi connectivity index (χ1v) is 7.10. The van der Waals surface area contributed by atoms with Gasteiger partial charge in [0.25, 0.3) is 0 Å². The molecule has 2 unspecified atom stereocenters. The molecule has 0 aliphatic carbocycles. The smallest absolute Gasteiger partial charge is 0.0866 e. The number of benzene rings is 1. The van der Waals surface area contributed by atoms with E-state index in [1.165, 1.54) is 16.7 Å². The SMILES string of the molecule is COCCNCC1CCOC1c1cc(C)cc(C)c1. The lowest BCUT2D eigenvalue weighted by molar-refractivity contribution is 0.0898. The van der Waals surface area contributed by atoms with Crippen molar-refractivity contribution in [3.63, 3.8) is 0 Å². The Kier molecular flexibility index (Phi) is 5.37. The number of methoxy groups -OCH3 is 1. The first-order chi connectivity index (χ1) is 9.20. The van der Waals surface area contributed by atoms with Crippen LogP contribution in [0.4, 0.5) is 0 Å². The molecule has 0 amide bonds. The number of nitrogens with one attached hydrogen (secondary N) is 1. The maximum atomic E-state index is 5.95. The highest BCUT2D eigenvalue weighted by atomic mass is 16.5. The molecule has 1 aromatic rings. The van der Waals surface area contributed by atoms with Gasteiger partial charge in [0, 0.05) is 32.7 Å². The fraction of sp³-hybridized carbons (Fsp3) is 0.625. The molecule has 1 aromatic carbocycles. The van der Waals surface area contributed by atoms with Crippen LogP contribution in [0.1, 0.15) is 29.2 Å². The van der Waals surface area contributed by atoms with Gasteiger partial charge in [0.15, 0.2) is 0 Å². The topological polar surface area (TPSA) is 30.5 Å². The lowest BCUT2D eigenvalue weighted by atomic mass is 9.93. The van der Waals surface area contributed by atoms with E-state index in [4.69, 9.17) is 9.47 Å². The van der Waals surface area contributed by atoms with Gasteiger partial charge in [-0.2, -0.15) is 0 Å². The van der Waals surface area contributed by atoms with Gasteiger partial charge in [-0.05, 0) is 25.8 Å². The zero-order chi connectivity index (χ0) is 13.7. The minimum absolute atomic E-state index is 0.244. The van der Waals surface area contributed by atoms with Crippen LogP contribution in [0.2, 0.25) is 0 Å². The van der Waals surface area contributed by atoms with Crippen molar-refractivity contribution in [2.45, 2.75) is 26.4 Å². The maximum absolute atomic E-state index is 5.95. The van der Waals surface area contributed by atoms with Crippen molar-refractivity contribution < 1.29 is 9.47 Å². The van der Waals surface area contributed by atoms with Crippen molar-refractivity contribution >= 4 is 0 Å². The van der Waals surface area contributed by atoms with Crippen LogP contribution in [0.3, 0.4) is 0 Å². The van der Waals surface area contributed by atoms with Crippen LogP contribution in [0.25, 0.3) is 0 Å². The third-order valence-corrected chi connectivity index (χ3v) is 3.68. The van der Waals surface area contributed by atoms with Gasteiger partial charge in [0.2, 0.25) is 0 Å². The number of hydrogen-bond acceptors (Lipinski definition) is 3. The fourth-order valence-corrected chi connectivity index (χ4v) is 2.85. The second-order valence-electron chi connectivity index (χ2n) is 5.46. The molecule has 1 fully saturated rings. The predicted molar refractivity (Wildman–Crippen MR) is 77.5 cm³/mol. The van der Waals surface area contributed by atoms with Crippen molar-refractivity contribution in [3.05, 3.63) is 34.9 Å². The second-order valence-corrected chi connectivity index (χ2v) is 5.46. The molecule has 0 spiro atoms. The zero-order valence-electron chi connectivity index (χ0n) is 12.2. The van der Waals surface area contributed by atoms with E-state index in [0.717, 1.165) is 32.7 Å². The molecule has 0 aromatic heterocycles. The van der Waals surface area contributed by atoms with Crippen LogP contribution in [0.15, 0.2) is 18.2 Å². The van der Waals surface area contributed by atoms with Crippen LogP contribution in [0, 0.1) is 19.8 Å². The Balaban J connectivity index is 1.97. The van der Waals surface area contributed by atoms with Gasteiger partial charge in [0.1, 0.15) is 0 Å². The van der Waals surface area contributed by atoms with Crippen molar-refractivity contribution in [1.82, 2.24) is 5.32 Å². The lowest BCUT2D eigenvalue weighted by Crippen LogP contribution is -2.27. The third kappa shape index (κ3) is 4.03. The molecule has 0 radical (unpaired) electrons. The van der Waals surface area contributed by atoms with E-state index < -0.39 is 0 Å². The maximum Gasteiger partial charge on any atom is 0.0866 e. The minimum atomic E-state index is 0.244. The summed E-state index contributed by atoms with van der Waals surface area (Å²) in [5.74, 6) is 0.568. The van der Waals surface area contributed by atoms with Crippen molar-refractivity contribution in [2.24, 2.45) is 5.92 Å². The summed E-state index contributed by atoms with van der Waals surface area (Å²) in [5.41, 5.74) is 3.96. The van der Waals surface area contributed by atoms with Crippen LogP contribution in [0.5, 0.6) is 0 Å². The highest BCUT2D eigenvalue weighted by Gasteiger charge is 2.29. The number of aryl methyl sites for hydroxylation is 2. The second kappa shape index (κ2) is 7.04. The monoisotopic (exact) mass is 263 g/mol. The molecular weight excluding hydrogens is 238 g/mol. The average molecular weight is 263 g/mol. The first kappa shape index (κ1) is 14.5. The number of hydrogen-bond donors (Lipinski definition) is 1.